The minimum atomic E-state index is -0.935. The summed E-state index contributed by atoms with van der Waals surface area (Å²) in [6.45, 7) is 0.917. The lowest BCUT2D eigenvalue weighted by Crippen LogP contribution is -2.55. The molecular formula is C30H38N4O5. The number of nitrogens with two attached hydrogens (primary N) is 1. The van der Waals surface area contributed by atoms with E-state index in [1.165, 1.54) is 0 Å². The van der Waals surface area contributed by atoms with Gasteiger partial charge in [-0.1, -0.05) is 60.7 Å². The highest BCUT2D eigenvalue weighted by Crippen LogP contribution is 2.27. The number of aliphatic carboxylic acids is 1. The molecule has 0 aromatic heterocycles. The predicted molar refractivity (Wildman–Crippen MR) is 147 cm³/mol. The molecule has 2 saturated heterocycles. The number of nitrogens with one attached hydrogen (secondary N) is 1. The van der Waals surface area contributed by atoms with Crippen molar-refractivity contribution in [3.63, 3.8) is 0 Å². The summed E-state index contributed by atoms with van der Waals surface area (Å²) >= 11 is 0. The van der Waals surface area contributed by atoms with Gasteiger partial charge in [0.2, 0.25) is 17.7 Å². The zero-order chi connectivity index (χ0) is 27.8. The summed E-state index contributed by atoms with van der Waals surface area (Å²) < 4.78 is 0. The molecule has 4 N–H and O–H groups in total. The maximum absolute atomic E-state index is 13.9. The fourth-order valence-electron chi connectivity index (χ4n) is 5.75. The molecule has 2 aliphatic rings. The standard InChI is InChI=1S/C30H38N4O5/c31-23(17-21-9-3-1-4-10-21)19-27(35)32-25(18-22-11-5-2-6-12-22)29(38)34-16-8-14-26(34)30(39)33-15-7-13-24(33)20-28(36)37/h1-6,9-12,23-26H,7-8,13-20,31H2,(H,32,35)(H,36,37). The Kier molecular flexibility index (Phi) is 9.70. The first-order valence-electron chi connectivity index (χ1n) is 13.8. The number of hydrogen-bond donors (Lipinski definition) is 3. The zero-order valence-corrected chi connectivity index (χ0v) is 22.2. The van der Waals surface area contributed by atoms with Crippen molar-refractivity contribution >= 4 is 23.7 Å². The maximum Gasteiger partial charge on any atom is 0.305 e. The second-order valence-electron chi connectivity index (χ2n) is 10.6. The Bertz CT molecular complexity index is 1140. The van der Waals surface area contributed by atoms with Gasteiger partial charge in [-0.05, 0) is 43.2 Å². The van der Waals surface area contributed by atoms with Crippen LogP contribution < -0.4 is 11.1 Å². The number of hydrogen-bond acceptors (Lipinski definition) is 5. The van der Waals surface area contributed by atoms with E-state index in [9.17, 15) is 24.3 Å². The van der Waals surface area contributed by atoms with Gasteiger partial charge in [-0.3, -0.25) is 19.2 Å². The molecule has 0 bridgehead atoms. The topological polar surface area (TPSA) is 133 Å². The van der Waals surface area contributed by atoms with Crippen LogP contribution in [0, 0.1) is 0 Å². The van der Waals surface area contributed by atoms with Gasteiger partial charge in [0.25, 0.3) is 0 Å². The molecule has 2 aromatic carbocycles. The molecule has 2 aromatic rings. The summed E-state index contributed by atoms with van der Waals surface area (Å²) in [5.41, 5.74) is 8.20. The van der Waals surface area contributed by atoms with Crippen LogP contribution in [0.15, 0.2) is 60.7 Å². The lowest BCUT2D eigenvalue weighted by molar-refractivity contribution is -0.147. The SMILES string of the molecule is NC(CC(=O)NC(Cc1ccccc1)C(=O)N1CCCC1C(=O)N1CCCC1CC(=O)O)Cc1ccccc1. The van der Waals surface area contributed by atoms with E-state index >= 15 is 0 Å². The number of rotatable bonds is 11. The quantitative estimate of drug-likeness (QED) is 0.405. The average Bonchev–Trinajstić information content (AvgIpc) is 3.58. The molecule has 9 nitrogen and oxygen atoms in total. The summed E-state index contributed by atoms with van der Waals surface area (Å²) in [5.74, 6) is -1.74. The van der Waals surface area contributed by atoms with Crippen LogP contribution in [0.25, 0.3) is 0 Å². The molecule has 4 unspecified atom stereocenters. The summed E-state index contributed by atoms with van der Waals surface area (Å²) in [5, 5.41) is 12.2. The van der Waals surface area contributed by atoms with Crippen molar-refractivity contribution in [3.05, 3.63) is 71.8 Å². The van der Waals surface area contributed by atoms with E-state index in [0.717, 1.165) is 17.5 Å². The van der Waals surface area contributed by atoms with Gasteiger partial charge in [0, 0.05) is 38.0 Å². The largest absolute Gasteiger partial charge is 0.481 e. The van der Waals surface area contributed by atoms with Gasteiger partial charge in [-0.25, -0.2) is 0 Å². The van der Waals surface area contributed by atoms with E-state index in [1.54, 1.807) is 9.80 Å². The number of carboxylic acids is 1. The number of carboxylic acid groups (broad SMARTS) is 1. The molecule has 0 spiro atoms. The van der Waals surface area contributed by atoms with E-state index in [4.69, 9.17) is 5.73 Å². The van der Waals surface area contributed by atoms with Crippen LogP contribution in [-0.4, -0.2) is 75.9 Å². The first kappa shape index (κ1) is 28.3. The van der Waals surface area contributed by atoms with Crippen LogP contribution >= 0.6 is 0 Å². The Balaban J connectivity index is 1.45. The van der Waals surface area contributed by atoms with Gasteiger partial charge >= 0.3 is 5.97 Å². The molecular weight excluding hydrogens is 496 g/mol. The molecule has 2 aliphatic heterocycles. The Morgan fingerprint density at radius 3 is 2.10 bits per heavy atom. The highest BCUT2D eigenvalue weighted by Gasteiger charge is 2.42. The first-order valence-corrected chi connectivity index (χ1v) is 13.8. The van der Waals surface area contributed by atoms with E-state index in [-0.39, 0.29) is 36.6 Å². The lowest BCUT2D eigenvalue weighted by Gasteiger charge is -2.33. The number of benzene rings is 2. The van der Waals surface area contributed by atoms with Crippen LogP contribution in [0.5, 0.6) is 0 Å². The third kappa shape index (κ3) is 7.66. The molecule has 4 rings (SSSR count). The van der Waals surface area contributed by atoms with Gasteiger partial charge in [-0.2, -0.15) is 0 Å². The lowest BCUT2D eigenvalue weighted by atomic mass is 10.0. The molecule has 3 amide bonds. The molecule has 2 heterocycles. The van der Waals surface area contributed by atoms with Crippen molar-refractivity contribution in [1.29, 1.82) is 0 Å². The molecule has 4 atom stereocenters. The van der Waals surface area contributed by atoms with Crippen molar-refractivity contribution in [3.8, 4) is 0 Å². The second kappa shape index (κ2) is 13.4. The van der Waals surface area contributed by atoms with E-state index in [0.29, 0.717) is 45.2 Å². The summed E-state index contributed by atoms with van der Waals surface area (Å²) in [7, 11) is 0. The molecule has 0 aliphatic carbocycles. The number of carbonyl (C=O) groups is 4. The second-order valence-corrected chi connectivity index (χ2v) is 10.6. The Morgan fingerprint density at radius 2 is 1.46 bits per heavy atom. The van der Waals surface area contributed by atoms with Crippen molar-refractivity contribution in [2.45, 2.75) is 75.5 Å². The van der Waals surface area contributed by atoms with Crippen molar-refractivity contribution < 1.29 is 24.3 Å². The Morgan fingerprint density at radius 1 is 0.872 bits per heavy atom. The molecule has 0 saturated carbocycles. The zero-order valence-electron chi connectivity index (χ0n) is 22.2. The normalized spacial score (nSPS) is 20.4. The molecule has 0 radical (unpaired) electrons. The van der Waals surface area contributed by atoms with E-state index in [2.05, 4.69) is 5.32 Å². The molecule has 9 heteroatoms. The minimum absolute atomic E-state index is 0.0699. The van der Waals surface area contributed by atoms with Crippen molar-refractivity contribution in [2.75, 3.05) is 13.1 Å². The van der Waals surface area contributed by atoms with Gasteiger partial charge in [-0.15, -0.1) is 0 Å². The number of nitrogens with zero attached hydrogens (tertiary/aromatic N) is 2. The summed E-state index contributed by atoms with van der Waals surface area (Å²) in [6, 6.07) is 16.9. The smallest absolute Gasteiger partial charge is 0.305 e. The third-order valence-electron chi connectivity index (χ3n) is 7.60. The minimum Gasteiger partial charge on any atom is -0.481 e. The van der Waals surface area contributed by atoms with E-state index < -0.39 is 24.1 Å². The molecule has 2 fully saturated rings. The van der Waals surface area contributed by atoms with Gasteiger partial charge < -0.3 is 26.0 Å². The molecule has 39 heavy (non-hydrogen) atoms. The molecule has 208 valence electrons. The highest BCUT2D eigenvalue weighted by atomic mass is 16.4. The Hall–Kier alpha value is -3.72. The third-order valence-corrected chi connectivity index (χ3v) is 7.60. The van der Waals surface area contributed by atoms with Crippen LogP contribution in [0.4, 0.5) is 0 Å². The summed E-state index contributed by atoms with van der Waals surface area (Å²) in [6.07, 6.45) is 3.41. The summed E-state index contributed by atoms with van der Waals surface area (Å²) in [4.78, 5) is 54.9. The van der Waals surface area contributed by atoms with Crippen LogP contribution in [0.1, 0.15) is 49.7 Å². The highest BCUT2D eigenvalue weighted by molar-refractivity contribution is 5.93. The fraction of sp³-hybridized carbons (Fsp3) is 0.467. The van der Waals surface area contributed by atoms with Gasteiger partial charge in [0.05, 0.1) is 6.42 Å². The first-order chi connectivity index (χ1) is 18.8. The van der Waals surface area contributed by atoms with Crippen LogP contribution in [0.2, 0.25) is 0 Å². The van der Waals surface area contributed by atoms with Crippen molar-refractivity contribution in [1.82, 2.24) is 15.1 Å². The van der Waals surface area contributed by atoms with Crippen molar-refractivity contribution in [2.24, 2.45) is 5.73 Å². The van der Waals surface area contributed by atoms with E-state index in [1.807, 2.05) is 60.7 Å². The predicted octanol–water partition coefficient (Wildman–Crippen LogP) is 2.13. The number of carbonyl (C=O) groups excluding carboxylic acids is 3. The van der Waals surface area contributed by atoms with Crippen LogP contribution in [0.3, 0.4) is 0 Å². The van der Waals surface area contributed by atoms with Gasteiger partial charge in [0.1, 0.15) is 12.1 Å². The Labute approximate surface area is 229 Å². The monoisotopic (exact) mass is 534 g/mol. The number of amides is 3. The number of likely N-dealkylation sites (tertiary alicyclic amines) is 2. The maximum atomic E-state index is 13.9. The average molecular weight is 535 g/mol. The van der Waals surface area contributed by atoms with Gasteiger partial charge in [0.15, 0.2) is 0 Å². The fourth-order valence-corrected chi connectivity index (χ4v) is 5.75. The van der Waals surface area contributed by atoms with Crippen LogP contribution in [-0.2, 0) is 32.0 Å².